The average molecular weight is 317 g/mol. The fourth-order valence-corrected chi connectivity index (χ4v) is 3.34. The van der Waals surface area contributed by atoms with Crippen molar-refractivity contribution < 1.29 is 12.8 Å². The summed E-state index contributed by atoms with van der Waals surface area (Å²) in [6.07, 6.45) is 0.716. The Kier molecular flexibility index (Phi) is 6.73. The molecule has 0 heterocycles. The van der Waals surface area contributed by atoms with E-state index in [2.05, 4.69) is 5.32 Å². The molecule has 0 saturated carbocycles. The van der Waals surface area contributed by atoms with Crippen molar-refractivity contribution in [2.24, 2.45) is 0 Å². The molecule has 1 rings (SSSR count). The number of nitrogens with one attached hydrogen (secondary N) is 1. The van der Waals surface area contributed by atoms with Crippen molar-refractivity contribution >= 4 is 10.2 Å². The zero-order valence-electron chi connectivity index (χ0n) is 13.0. The van der Waals surface area contributed by atoms with Gasteiger partial charge in [-0.05, 0) is 33.0 Å². The maximum absolute atomic E-state index is 13.8. The second kappa shape index (κ2) is 7.84. The van der Waals surface area contributed by atoms with Crippen molar-refractivity contribution in [1.82, 2.24) is 13.9 Å². The molecule has 0 radical (unpaired) electrons. The monoisotopic (exact) mass is 317 g/mol. The minimum Gasteiger partial charge on any atom is -0.320 e. The van der Waals surface area contributed by atoms with Gasteiger partial charge < -0.3 is 5.32 Å². The van der Waals surface area contributed by atoms with E-state index in [1.165, 1.54) is 28.8 Å². The first-order valence-corrected chi connectivity index (χ1v) is 8.30. The van der Waals surface area contributed by atoms with Gasteiger partial charge in [-0.2, -0.15) is 17.0 Å². The van der Waals surface area contributed by atoms with E-state index in [9.17, 15) is 12.8 Å². The van der Waals surface area contributed by atoms with E-state index in [4.69, 9.17) is 0 Å². The molecule has 5 nitrogen and oxygen atoms in total. The van der Waals surface area contributed by atoms with Crippen molar-refractivity contribution in [1.29, 1.82) is 0 Å². The van der Waals surface area contributed by atoms with Crippen LogP contribution in [-0.4, -0.2) is 51.3 Å². The smallest absolute Gasteiger partial charge is 0.282 e. The first-order chi connectivity index (χ1) is 9.82. The summed E-state index contributed by atoms with van der Waals surface area (Å²) in [6, 6.07) is 5.66. The summed E-state index contributed by atoms with van der Waals surface area (Å²) < 4.78 is 41.2. The third-order valence-electron chi connectivity index (χ3n) is 3.56. The number of hydrogen-bond donors (Lipinski definition) is 1. The molecule has 1 atom stereocenters. The Labute approximate surface area is 126 Å². The summed E-state index contributed by atoms with van der Waals surface area (Å²) in [5.41, 5.74) is 0.368. The van der Waals surface area contributed by atoms with E-state index < -0.39 is 22.1 Å². The average Bonchev–Trinajstić information content (AvgIpc) is 2.46. The normalized spacial score (nSPS) is 13.9. The molecule has 0 spiro atoms. The summed E-state index contributed by atoms with van der Waals surface area (Å²) >= 11 is 0. The fourth-order valence-electron chi connectivity index (χ4n) is 2.02. The summed E-state index contributed by atoms with van der Waals surface area (Å²) in [7, 11) is 1.22. The number of nitrogens with zero attached hydrogens (tertiary/aromatic N) is 2. The third kappa shape index (κ3) is 4.47. The Morgan fingerprint density at radius 2 is 1.90 bits per heavy atom. The van der Waals surface area contributed by atoms with E-state index >= 15 is 0 Å². The van der Waals surface area contributed by atoms with Gasteiger partial charge in [0.05, 0.1) is 6.04 Å². The summed E-state index contributed by atoms with van der Waals surface area (Å²) in [6.45, 7) is 2.83. The van der Waals surface area contributed by atoms with E-state index in [-0.39, 0.29) is 0 Å². The Bertz CT molecular complexity index is 551. The van der Waals surface area contributed by atoms with Gasteiger partial charge in [0.2, 0.25) is 0 Å². The maximum atomic E-state index is 13.8. The molecule has 0 aliphatic heterocycles. The van der Waals surface area contributed by atoms with Crippen molar-refractivity contribution in [3.8, 4) is 0 Å². The number of halogens is 1. The van der Waals surface area contributed by atoms with Gasteiger partial charge in [-0.15, -0.1) is 0 Å². The van der Waals surface area contributed by atoms with Gasteiger partial charge in [0, 0.05) is 26.2 Å². The van der Waals surface area contributed by atoms with Crippen LogP contribution >= 0.6 is 0 Å². The van der Waals surface area contributed by atoms with Crippen LogP contribution in [0.5, 0.6) is 0 Å². The van der Waals surface area contributed by atoms with Crippen LogP contribution in [0.1, 0.15) is 24.9 Å². The summed E-state index contributed by atoms with van der Waals surface area (Å²) in [5, 5.41) is 2.98. The van der Waals surface area contributed by atoms with Gasteiger partial charge in [-0.3, -0.25) is 0 Å². The lowest BCUT2D eigenvalue weighted by Gasteiger charge is -2.29. The highest BCUT2D eigenvalue weighted by Crippen LogP contribution is 2.24. The SMILES string of the molecule is CNCCCN(C)S(=O)(=O)N(C)C(C)c1ccccc1F. The minimum atomic E-state index is -3.61. The van der Waals surface area contributed by atoms with Crippen LogP contribution in [0, 0.1) is 5.82 Å². The lowest BCUT2D eigenvalue weighted by Crippen LogP contribution is -2.41. The van der Waals surface area contributed by atoms with Crippen LogP contribution < -0.4 is 5.32 Å². The summed E-state index contributed by atoms with van der Waals surface area (Å²) in [4.78, 5) is 0. The molecular formula is C14H24FN3O2S. The Morgan fingerprint density at radius 1 is 1.29 bits per heavy atom. The van der Waals surface area contributed by atoms with Gasteiger partial charge in [0.15, 0.2) is 0 Å². The molecule has 1 aromatic carbocycles. The van der Waals surface area contributed by atoms with Crippen LogP contribution in [0.2, 0.25) is 0 Å². The number of benzene rings is 1. The first kappa shape index (κ1) is 18.0. The molecule has 0 fully saturated rings. The van der Waals surface area contributed by atoms with Crippen LogP contribution in [0.3, 0.4) is 0 Å². The number of rotatable bonds is 8. The topological polar surface area (TPSA) is 52.7 Å². The molecule has 0 aromatic heterocycles. The quantitative estimate of drug-likeness (QED) is 0.741. The molecule has 0 aliphatic carbocycles. The minimum absolute atomic E-state index is 0.368. The number of hydrogen-bond acceptors (Lipinski definition) is 3. The van der Waals surface area contributed by atoms with E-state index in [1.54, 1.807) is 25.1 Å². The molecule has 1 aromatic rings. The van der Waals surface area contributed by atoms with Crippen LogP contribution in [0.4, 0.5) is 4.39 Å². The predicted octanol–water partition coefficient (Wildman–Crippen LogP) is 1.60. The van der Waals surface area contributed by atoms with E-state index in [1.807, 2.05) is 7.05 Å². The maximum Gasteiger partial charge on any atom is 0.282 e. The Hall–Kier alpha value is -1.02. The molecule has 0 amide bonds. The molecule has 7 heteroatoms. The largest absolute Gasteiger partial charge is 0.320 e. The Morgan fingerprint density at radius 3 is 2.48 bits per heavy atom. The zero-order chi connectivity index (χ0) is 16.0. The highest BCUT2D eigenvalue weighted by Gasteiger charge is 2.29. The Balaban J connectivity index is 2.85. The summed E-state index contributed by atoms with van der Waals surface area (Å²) in [5.74, 6) is -0.398. The predicted molar refractivity (Wildman–Crippen MR) is 82.7 cm³/mol. The molecule has 21 heavy (non-hydrogen) atoms. The molecular weight excluding hydrogens is 293 g/mol. The third-order valence-corrected chi connectivity index (χ3v) is 5.57. The lowest BCUT2D eigenvalue weighted by molar-refractivity contribution is 0.342. The van der Waals surface area contributed by atoms with Crippen LogP contribution in [0.25, 0.3) is 0 Å². The molecule has 0 bridgehead atoms. The lowest BCUT2D eigenvalue weighted by atomic mass is 10.1. The van der Waals surface area contributed by atoms with Crippen LogP contribution in [-0.2, 0) is 10.2 Å². The molecule has 120 valence electrons. The van der Waals surface area contributed by atoms with Crippen LogP contribution in [0.15, 0.2) is 24.3 Å². The molecule has 1 unspecified atom stereocenters. The van der Waals surface area contributed by atoms with E-state index in [0.717, 1.165) is 6.54 Å². The van der Waals surface area contributed by atoms with Crippen molar-refractivity contribution in [2.75, 3.05) is 34.2 Å². The second-order valence-corrected chi connectivity index (χ2v) is 7.10. The van der Waals surface area contributed by atoms with Gasteiger partial charge in [-0.25, -0.2) is 4.39 Å². The van der Waals surface area contributed by atoms with Crippen molar-refractivity contribution in [2.45, 2.75) is 19.4 Å². The second-order valence-electron chi connectivity index (χ2n) is 5.00. The van der Waals surface area contributed by atoms with E-state index in [0.29, 0.717) is 18.5 Å². The van der Waals surface area contributed by atoms with Gasteiger partial charge in [0.25, 0.3) is 10.2 Å². The van der Waals surface area contributed by atoms with Gasteiger partial charge in [-0.1, -0.05) is 18.2 Å². The first-order valence-electron chi connectivity index (χ1n) is 6.90. The molecule has 0 aliphatic rings. The molecule has 1 N–H and O–H groups in total. The fraction of sp³-hybridized carbons (Fsp3) is 0.571. The van der Waals surface area contributed by atoms with Crippen molar-refractivity contribution in [3.63, 3.8) is 0 Å². The van der Waals surface area contributed by atoms with Gasteiger partial charge >= 0.3 is 0 Å². The standard InChI is InChI=1S/C14H24FN3O2S/c1-12(13-8-5-6-9-14(13)15)18(4)21(19,20)17(3)11-7-10-16-2/h5-6,8-9,12,16H,7,10-11H2,1-4H3. The highest BCUT2D eigenvalue weighted by atomic mass is 32.2. The van der Waals surface area contributed by atoms with Gasteiger partial charge in [0.1, 0.15) is 5.82 Å². The molecule has 0 saturated heterocycles. The zero-order valence-corrected chi connectivity index (χ0v) is 13.8. The van der Waals surface area contributed by atoms with Crippen molar-refractivity contribution in [3.05, 3.63) is 35.6 Å². The highest BCUT2D eigenvalue weighted by molar-refractivity contribution is 7.86.